The Morgan fingerprint density at radius 2 is 2.00 bits per heavy atom. The third kappa shape index (κ3) is 5.50. The molecule has 160 valence electrons. The number of piperidine rings is 1. The lowest BCUT2D eigenvalue weighted by Gasteiger charge is -2.38. The Balaban J connectivity index is 1.83. The number of rotatable bonds is 2. The lowest BCUT2D eigenvalue weighted by molar-refractivity contribution is -0.155. The van der Waals surface area contributed by atoms with E-state index in [1.807, 2.05) is 17.0 Å². The van der Waals surface area contributed by atoms with E-state index >= 15 is 0 Å². The first-order chi connectivity index (χ1) is 13.9. The summed E-state index contributed by atoms with van der Waals surface area (Å²) >= 11 is 0. The van der Waals surface area contributed by atoms with E-state index in [1.165, 1.54) is 12.7 Å². The fourth-order valence-corrected chi connectivity index (χ4v) is 4.17. The van der Waals surface area contributed by atoms with Gasteiger partial charge in [-0.3, -0.25) is 9.59 Å². The first-order valence-corrected chi connectivity index (χ1v) is 10.8. The molecule has 0 N–H and O–H groups in total. The number of carbonyl (C=O) groups excluding carboxylic acids is 2. The van der Waals surface area contributed by atoms with Crippen LogP contribution < -0.4 is 4.74 Å². The van der Waals surface area contributed by atoms with E-state index in [-0.39, 0.29) is 24.4 Å². The molecular weight excluding hydrogens is 368 g/mol. The van der Waals surface area contributed by atoms with Crippen molar-refractivity contribution >= 4 is 11.8 Å². The second-order valence-corrected chi connectivity index (χ2v) is 8.57. The van der Waals surface area contributed by atoms with Gasteiger partial charge in [-0.2, -0.15) is 0 Å². The molecule has 2 bridgehead atoms. The normalized spacial score (nSPS) is 21.8. The van der Waals surface area contributed by atoms with Crippen LogP contribution in [0.3, 0.4) is 0 Å². The molecule has 2 amide bonds. The summed E-state index contributed by atoms with van der Waals surface area (Å²) in [5.41, 5.74) is 0.290. The number of nitrogens with zero attached hydrogens (tertiary/aromatic N) is 2. The van der Waals surface area contributed by atoms with Crippen molar-refractivity contribution in [2.24, 2.45) is 0 Å². The van der Waals surface area contributed by atoms with E-state index < -0.39 is 5.60 Å². The van der Waals surface area contributed by atoms with Crippen LogP contribution in [0.1, 0.15) is 51.5 Å². The average Bonchev–Trinajstić information content (AvgIpc) is 2.73. The van der Waals surface area contributed by atoms with Crippen molar-refractivity contribution in [3.05, 3.63) is 29.8 Å². The van der Waals surface area contributed by atoms with Gasteiger partial charge in [-0.15, -0.1) is 0 Å². The largest absolute Gasteiger partial charge is 0.494 e. The first-order valence-electron chi connectivity index (χ1n) is 10.8. The van der Waals surface area contributed by atoms with Crippen molar-refractivity contribution in [1.29, 1.82) is 0 Å². The quantitative estimate of drug-likeness (QED) is 0.763. The summed E-state index contributed by atoms with van der Waals surface area (Å²) in [6, 6.07) is 8.45. The molecule has 3 rings (SSSR count). The molecule has 1 saturated heterocycles. The van der Waals surface area contributed by atoms with E-state index in [9.17, 15) is 9.59 Å². The first kappa shape index (κ1) is 21.6. The molecule has 1 fully saturated rings. The maximum Gasteiger partial charge on any atom is 0.254 e. The number of aryl methyl sites for hydroxylation is 1. The molecule has 1 aromatic rings. The Bertz CT molecular complexity index is 719. The smallest absolute Gasteiger partial charge is 0.254 e. The number of amides is 2. The minimum absolute atomic E-state index is 0.0432. The van der Waals surface area contributed by atoms with E-state index in [1.54, 1.807) is 18.7 Å². The highest BCUT2D eigenvalue weighted by Gasteiger charge is 2.35. The molecule has 1 atom stereocenters. The molecule has 0 saturated carbocycles. The van der Waals surface area contributed by atoms with Crippen molar-refractivity contribution < 1.29 is 19.1 Å². The summed E-state index contributed by atoms with van der Waals surface area (Å²) in [4.78, 5) is 29.9. The van der Waals surface area contributed by atoms with E-state index in [0.717, 1.165) is 44.4 Å². The highest BCUT2D eigenvalue weighted by atomic mass is 16.5. The van der Waals surface area contributed by atoms with Crippen LogP contribution in [0.2, 0.25) is 0 Å². The Labute approximate surface area is 174 Å². The Morgan fingerprint density at radius 1 is 1.17 bits per heavy atom. The molecular formula is C23H34N2O4. The SMILES string of the molecule is COC(C)(C)C(=O)N1CCCOc2cccc(c2)CCC2CCCCN2C(=O)C1. The van der Waals surface area contributed by atoms with Crippen molar-refractivity contribution in [1.82, 2.24) is 9.80 Å². The van der Waals surface area contributed by atoms with Gasteiger partial charge in [0.25, 0.3) is 5.91 Å². The van der Waals surface area contributed by atoms with Crippen LogP contribution in [0, 0.1) is 0 Å². The van der Waals surface area contributed by atoms with Crippen molar-refractivity contribution in [2.75, 3.05) is 33.4 Å². The van der Waals surface area contributed by atoms with Gasteiger partial charge >= 0.3 is 0 Å². The van der Waals surface area contributed by atoms with Crippen LogP contribution in [-0.2, 0) is 20.7 Å². The topological polar surface area (TPSA) is 59.1 Å². The number of benzene rings is 1. The van der Waals surface area contributed by atoms with Crippen molar-refractivity contribution in [3.63, 3.8) is 0 Å². The van der Waals surface area contributed by atoms with Gasteiger partial charge < -0.3 is 19.3 Å². The standard InChI is InChI=1S/C23H34N2O4/c1-23(2,28-3)22(27)24-13-7-15-29-20-10-6-8-18(16-20)11-12-19-9-4-5-14-25(19)21(26)17-24/h6,8,10,16,19H,4-5,7,9,11-15,17H2,1-3H3. The maximum atomic E-state index is 13.2. The van der Waals surface area contributed by atoms with Crippen LogP contribution >= 0.6 is 0 Å². The van der Waals surface area contributed by atoms with Crippen LogP contribution in [0.15, 0.2) is 24.3 Å². The van der Waals surface area contributed by atoms with Crippen LogP contribution in [-0.4, -0.2) is 66.6 Å². The Morgan fingerprint density at radius 3 is 2.79 bits per heavy atom. The van der Waals surface area contributed by atoms with E-state index in [0.29, 0.717) is 19.6 Å². The fraction of sp³-hybridized carbons (Fsp3) is 0.652. The average molecular weight is 403 g/mol. The predicted molar refractivity (Wildman–Crippen MR) is 112 cm³/mol. The highest BCUT2D eigenvalue weighted by molar-refractivity contribution is 5.89. The Kier molecular flexibility index (Phi) is 7.17. The number of carbonyl (C=O) groups is 2. The zero-order chi connectivity index (χ0) is 20.9. The molecule has 2 aliphatic rings. The van der Waals surface area contributed by atoms with Gasteiger partial charge in [0, 0.05) is 26.2 Å². The minimum Gasteiger partial charge on any atom is -0.494 e. The molecule has 2 heterocycles. The third-order valence-electron chi connectivity index (χ3n) is 6.09. The zero-order valence-corrected chi connectivity index (χ0v) is 18.0. The summed E-state index contributed by atoms with van der Waals surface area (Å²) < 4.78 is 11.3. The summed E-state index contributed by atoms with van der Waals surface area (Å²) in [6.45, 7) is 5.35. The monoisotopic (exact) mass is 402 g/mol. The number of fused-ring (bicyclic) bond motifs is 3. The van der Waals surface area contributed by atoms with Crippen molar-refractivity contribution in [3.8, 4) is 5.75 Å². The summed E-state index contributed by atoms with van der Waals surface area (Å²) in [6.07, 6.45) is 5.73. The number of methoxy groups -OCH3 is 1. The highest BCUT2D eigenvalue weighted by Crippen LogP contribution is 2.24. The number of hydrogen-bond donors (Lipinski definition) is 0. The van der Waals surface area contributed by atoms with Gasteiger partial charge in [0.1, 0.15) is 11.4 Å². The van der Waals surface area contributed by atoms with Gasteiger partial charge in [-0.05, 0) is 70.1 Å². The lowest BCUT2D eigenvalue weighted by atomic mass is 9.95. The second-order valence-electron chi connectivity index (χ2n) is 8.57. The molecule has 6 heteroatoms. The lowest BCUT2D eigenvalue weighted by Crippen LogP contribution is -2.53. The molecule has 1 unspecified atom stereocenters. The molecule has 6 nitrogen and oxygen atoms in total. The van der Waals surface area contributed by atoms with Gasteiger partial charge in [-0.1, -0.05) is 12.1 Å². The maximum absolute atomic E-state index is 13.2. The van der Waals surface area contributed by atoms with E-state index in [2.05, 4.69) is 12.1 Å². The molecule has 0 aliphatic carbocycles. The van der Waals surface area contributed by atoms with Crippen molar-refractivity contribution in [2.45, 2.75) is 64.0 Å². The number of hydrogen-bond acceptors (Lipinski definition) is 4. The second kappa shape index (κ2) is 9.61. The van der Waals surface area contributed by atoms with Gasteiger partial charge in [0.05, 0.1) is 13.2 Å². The van der Waals surface area contributed by atoms with E-state index in [4.69, 9.17) is 9.47 Å². The minimum atomic E-state index is -0.956. The predicted octanol–water partition coefficient (Wildman–Crippen LogP) is 3.04. The molecule has 2 aliphatic heterocycles. The van der Waals surface area contributed by atoms with Gasteiger partial charge in [-0.25, -0.2) is 0 Å². The summed E-state index contributed by atoms with van der Waals surface area (Å²) in [7, 11) is 1.53. The van der Waals surface area contributed by atoms with Gasteiger partial charge in [0.15, 0.2) is 0 Å². The summed E-state index contributed by atoms with van der Waals surface area (Å²) in [5.74, 6) is 0.754. The van der Waals surface area contributed by atoms with Crippen LogP contribution in [0.4, 0.5) is 0 Å². The zero-order valence-electron chi connectivity index (χ0n) is 18.0. The molecule has 0 aromatic heterocycles. The summed E-state index contributed by atoms with van der Waals surface area (Å²) in [5, 5.41) is 0. The number of ether oxygens (including phenoxy) is 2. The Hall–Kier alpha value is -2.08. The molecule has 29 heavy (non-hydrogen) atoms. The van der Waals surface area contributed by atoms with Gasteiger partial charge in [0.2, 0.25) is 5.91 Å². The molecule has 0 spiro atoms. The third-order valence-corrected chi connectivity index (χ3v) is 6.09. The van der Waals surface area contributed by atoms with Crippen LogP contribution in [0.5, 0.6) is 5.75 Å². The fourth-order valence-electron chi connectivity index (χ4n) is 4.17. The molecule has 0 radical (unpaired) electrons. The molecule has 1 aromatic carbocycles. The van der Waals surface area contributed by atoms with Crippen LogP contribution in [0.25, 0.3) is 0 Å².